The van der Waals surface area contributed by atoms with E-state index in [0.717, 1.165) is 4.47 Å². The first-order chi connectivity index (χ1) is 11.6. The van der Waals surface area contributed by atoms with E-state index in [0.29, 0.717) is 17.1 Å². The van der Waals surface area contributed by atoms with E-state index < -0.39 is 0 Å². The van der Waals surface area contributed by atoms with Gasteiger partial charge in [0, 0.05) is 27.7 Å². The number of hydrogen-bond donors (Lipinski definition) is 2. The van der Waals surface area contributed by atoms with Crippen LogP contribution in [-0.4, -0.2) is 10.9 Å². The fraction of sp³-hybridized carbons (Fsp3) is 0. The molecular formula is C18H13BrFN3O. The van der Waals surface area contributed by atoms with Crippen LogP contribution in [0.15, 0.2) is 71.3 Å². The summed E-state index contributed by atoms with van der Waals surface area (Å²) in [6.07, 6.45) is 1.53. The van der Waals surface area contributed by atoms with Gasteiger partial charge in [-0.2, -0.15) is 0 Å². The predicted octanol–water partition coefficient (Wildman–Crippen LogP) is 4.98. The van der Waals surface area contributed by atoms with Crippen LogP contribution in [0, 0.1) is 5.82 Å². The maximum Gasteiger partial charge on any atom is 0.274 e. The number of aromatic nitrogens is 1. The molecule has 120 valence electrons. The molecule has 0 spiro atoms. The van der Waals surface area contributed by atoms with Crippen LogP contribution in [0.1, 0.15) is 10.5 Å². The zero-order valence-corrected chi connectivity index (χ0v) is 14.0. The summed E-state index contributed by atoms with van der Waals surface area (Å²) in [5, 5.41) is 5.82. The van der Waals surface area contributed by atoms with Gasteiger partial charge in [0.15, 0.2) is 0 Å². The lowest BCUT2D eigenvalue weighted by molar-refractivity contribution is 0.102. The molecule has 1 amide bonds. The number of carbonyl (C=O) groups is 1. The van der Waals surface area contributed by atoms with Gasteiger partial charge < -0.3 is 10.6 Å². The van der Waals surface area contributed by atoms with Crippen LogP contribution in [0.3, 0.4) is 0 Å². The van der Waals surface area contributed by atoms with E-state index >= 15 is 0 Å². The van der Waals surface area contributed by atoms with Crippen LogP contribution < -0.4 is 10.6 Å². The van der Waals surface area contributed by atoms with E-state index in [-0.39, 0.29) is 17.4 Å². The maximum atomic E-state index is 13.2. The van der Waals surface area contributed by atoms with Gasteiger partial charge in [-0.15, -0.1) is 0 Å². The van der Waals surface area contributed by atoms with Crippen molar-refractivity contribution in [1.29, 1.82) is 0 Å². The molecule has 0 fully saturated rings. The minimum absolute atomic E-state index is 0.263. The second kappa shape index (κ2) is 7.23. The van der Waals surface area contributed by atoms with Crippen molar-refractivity contribution in [1.82, 2.24) is 4.98 Å². The van der Waals surface area contributed by atoms with Crippen LogP contribution in [0.4, 0.5) is 21.5 Å². The second-order valence-corrected chi connectivity index (χ2v) is 5.94. The molecule has 2 aromatic carbocycles. The van der Waals surface area contributed by atoms with E-state index in [9.17, 15) is 9.18 Å². The van der Waals surface area contributed by atoms with Crippen molar-refractivity contribution in [3.8, 4) is 0 Å². The summed E-state index contributed by atoms with van der Waals surface area (Å²) >= 11 is 3.34. The highest BCUT2D eigenvalue weighted by Gasteiger charge is 2.09. The van der Waals surface area contributed by atoms with Gasteiger partial charge in [0.2, 0.25) is 0 Å². The van der Waals surface area contributed by atoms with E-state index in [1.54, 1.807) is 36.4 Å². The Labute approximate surface area is 146 Å². The number of benzene rings is 2. The van der Waals surface area contributed by atoms with Crippen molar-refractivity contribution in [3.63, 3.8) is 0 Å². The standard InChI is InChI=1S/C18H13BrFN3O/c19-12-4-6-14(7-5-12)23-18(24)17-11-16(8-9-21-17)22-15-3-1-2-13(20)10-15/h1-11H,(H,21,22)(H,23,24). The molecule has 0 aliphatic heterocycles. The van der Waals surface area contributed by atoms with Gasteiger partial charge in [-0.1, -0.05) is 22.0 Å². The molecule has 0 radical (unpaired) electrons. The molecule has 1 aromatic heterocycles. The van der Waals surface area contributed by atoms with Gasteiger partial charge in [-0.25, -0.2) is 4.39 Å². The van der Waals surface area contributed by atoms with Crippen molar-refractivity contribution in [3.05, 3.63) is 82.8 Å². The first kappa shape index (κ1) is 16.1. The highest BCUT2D eigenvalue weighted by atomic mass is 79.9. The number of pyridine rings is 1. The zero-order valence-electron chi connectivity index (χ0n) is 12.5. The van der Waals surface area contributed by atoms with Gasteiger partial charge in [-0.3, -0.25) is 9.78 Å². The number of nitrogens with zero attached hydrogens (tertiary/aromatic N) is 1. The summed E-state index contributed by atoms with van der Waals surface area (Å²) in [6, 6.07) is 16.7. The molecule has 2 N–H and O–H groups in total. The molecule has 24 heavy (non-hydrogen) atoms. The molecule has 0 aliphatic carbocycles. The second-order valence-electron chi connectivity index (χ2n) is 5.03. The van der Waals surface area contributed by atoms with Gasteiger partial charge >= 0.3 is 0 Å². The number of anilines is 3. The summed E-state index contributed by atoms with van der Waals surface area (Å²) in [4.78, 5) is 16.4. The molecular weight excluding hydrogens is 373 g/mol. The molecule has 4 nitrogen and oxygen atoms in total. The fourth-order valence-corrected chi connectivity index (χ4v) is 2.36. The quantitative estimate of drug-likeness (QED) is 0.665. The Morgan fingerprint density at radius 2 is 1.71 bits per heavy atom. The normalized spacial score (nSPS) is 10.2. The summed E-state index contributed by atoms with van der Waals surface area (Å²) in [6.45, 7) is 0. The van der Waals surface area contributed by atoms with Crippen molar-refractivity contribution >= 4 is 38.9 Å². The van der Waals surface area contributed by atoms with Crippen molar-refractivity contribution in [2.75, 3.05) is 10.6 Å². The lowest BCUT2D eigenvalue weighted by atomic mass is 10.2. The number of amides is 1. The van der Waals surface area contributed by atoms with Gasteiger partial charge in [0.1, 0.15) is 11.5 Å². The number of rotatable bonds is 4. The number of nitrogens with one attached hydrogen (secondary N) is 2. The molecule has 0 saturated carbocycles. The minimum Gasteiger partial charge on any atom is -0.355 e. The lowest BCUT2D eigenvalue weighted by Crippen LogP contribution is -2.13. The summed E-state index contributed by atoms with van der Waals surface area (Å²) in [5.74, 6) is -0.650. The largest absolute Gasteiger partial charge is 0.355 e. The molecule has 0 unspecified atom stereocenters. The van der Waals surface area contributed by atoms with E-state index in [4.69, 9.17) is 0 Å². The molecule has 3 rings (SSSR count). The fourth-order valence-electron chi connectivity index (χ4n) is 2.09. The highest BCUT2D eigenvalue weighted by molar-refractivity contribution is 9.10. The Morgan fingerprint density at radius 1 is 0.958 bits per heavy atom. The van der Waals surface area contributed by atoms with E-state index in [1.165, 1.54) is 18.3 Å². The Kier molecular flexibility index (Phi) is 4.86. The molecule has 0 bridgehead atoms. The molecule has 0 saturated heterocycles. The van der Waals surface area contributed by atoms with Crippen molar-refractivity contribution < 1.29 is 9.18 Å². The van der Waals surface area contributed by atoms with Gasteiger partial charge in [-0.05, 0) is 54.6 Å². The number of carbonyl (C=O) groups excluding carboxylic acids is 1. The highest BCUT2D eigenvalue weighted by Crippen LogP contribution is 2.19. The van der Waals surface area contributed by atoms with Crippen LogP contribution in [-0.2, 0) is 0 Å². The third kappa shape index (κ3) is 4.17. The Hall–Kier alpha value is -2.73. The first-order valence-corrected chi connectivity index (χ1v) is 7.95. The van der Waals surface area contributed by atoms with Crippen LogP contribution in [0.5, 0.6) is 0 Å². The number of hydrogen-bond acceptors (Lipinski definition) is 3. The lowest BCUT2D eigenvalue weighted by Gasteiger charge is -2.09. The van der Waals surface area contributed by atoms with Crippen LogP contribution in [0.2, 0.25) is 0 Å². The molecule has 0 aliphatic rings. The average Bonchev–Trinajstić information content (AvgIpc) is 2.57. The SMILES string of the molecule is O=C(Nc1ccc(Br)cc1)c1cc(Nc2cccc(F)c2)ccn1. The Morgan fingerprint density at radius 3 is 2.46 bits per heavy atom. The average molecular weight is 386 g/mol. The predicted molar refractivity (Wildman–Crippen MR) is 96.0 cm³/mol. The number of halogens is 2. The van der Waals surface area contributed by atoms with E-state index in [1.807, 2.05) is 12.1 Å². The van der Waals surface area contributed by atoms with Crippen molar-refractivity contribution in [2.45, 2.75) is 0 Å². The van der Waals surface area contributed by atoms with Gasteiger partial charge in [0.05, 0.1) is 0 Å². The molecule has 0 atom stereocenters. The molecule has 1 heterocycles. The van der Waals surface area contributed by atoms with Crippen LogP contribution >= 0.6 is 15.9 Å². The monoisotopic (exact) mass is 385 g/mol. The topological polar surface area (TPSA) is 54.0 Å². The summed E-state index contributed by atoms with van der Waals surface area (Å²) in [5.41, 5.74) is 2.19. The van der Waals surface area contributed by atoms with Crippen LogP contribution in [0.25, 0.3) is 0 Å². The summed E-state index contributed by atoms with van der Waals surface area (Å²) in [7, 11) is 0. The zero-order chi connectivity index (χ0) is 16.9. The first-order valence-electron chi connectivity index (χ1n) is 7.16. The summed E-state index contributed by atoms with van der Waals surface area (Å²) < 4.78 is 14.2. The van der Waals surface area contributed by atoms with E-state index in [2.05, 4.69) is 31.5 Å². The minimum atomic E-state index is -0.331. The third-order valence-electron chi connectivity index (χ3n) is 3.21. The van der Waals surface area contributed by atoms with Gasteiger partial charge in [0.25, 0.3) is 5.91 Å². The Bertz CT molecular complexity index is 868. The molecule has 6 heteroatoms. The van der Waals surface area contributed by atoms with Crippen molar-refractivity contribution in [2.24, 2.45) is 0 Å². The maximum absolute atomic E-state index is 13.2. The Balaban J connectivity index is 1.74. The molecule has 3 aromatic rings. The third-order valence-corrected chi connectivity index (χ3v) is 3.74. The smallest absolute Gasteiger partial charge is 0.274 e.